The van der Waals surface area contributed by atoms with E-state index in [1.54, 1.807) is 6.33 Å². The van der Waals surface area contributed by atoms with E-state index in [2.05, 4.69) is 39.6 Å². The summed E-state index contributed by atoms with van der Waals surface area (Å²) in [4.78, 5) is 10.6. The molecule has 1 aromatic carbocycles. The van der Waals surface area contributed by atoms with Crippen LogP contribution in [0.5, 0.6) is 0 Å². The molecule has 0 saturated carbocycles. The van der Waals surface area contributed by atoms with Gasteiger partial charge in [0.1, 0.15) is 18.0 Å². The van der Waals surface area contributed by atoms with E-state index in [0.29, 0.717) is 6.54 Å². The first-order valence-corrected chi connectivity index (χ1v) is 7.71. The van der Waals surface area contributed by atoms with Crippen molar-refractivity contribution >= 4 is 23.2 Å². The van der Waals surface area contributed by atoms with Gasteiger partial charge in [0.2, 0.25) is 0 Å². The molecule has 0 aliphatic heterocycles. The predicted molar refractivity (Wildman–Crippen MR) is 92.5 cm³/mol. The minimum atomic E-state index is 0.636. The van der Waals surface area contributed by atoms with Crippen molar-refractivity contribution in [2.75, 3.05) is 37.8 Å². The van der Waals surface area contributed by atoms with Crippen molar-refractivity contribution in [3.05, 3.63) is 47.2 Å². The molecule has 0 amide bonds. The lowest BCUT2D eigenvalue weighted by molar-refractivity contribution is 0.405. The van der Waals surface area contributed by atoms with E-state index in [4.69, 9.17) is 11.6 Å². The second-order valence-electron chi connectivity index (χ2n) is 5.32. The number of rotatable bonds is 8. The number of halogens is 1. The summed E-state index contributed by atoms with van der Waals surface area (Å²) in [7, 11) is 4.14. The van der Waals surface area contributed by atoms with Crippen molar-refractivity contribution in [2.24, 2.45) is 0 Å². The summed E-state index contributed by atoms with van der Waals surface area (Å²) in [5, 5.41) is 7.33. The molecule has 1 aromatic heterocycles. The van der Waals surface area contributed by atoms with Crippen molar-refractivity contribution in [2.45, 2.75) is 13.0 Å². The third-order valence-electron chi connectivity index (χ3n) is 3.17. The molecule has 0 spiro atoms. The molecule has 118 valence electrons. The Bertz CT molecular complexity index is 588. The number of anilines is 2. The second-order valence-corrected chi connectivity index (χ2v) is 5.72. The lowest BCUT2D eigenvalue weighted by atomic mass is 10.2. The predicted octanol–water partition coefficient (Wildman–Crippen LogP) is 3.11. The van der Waals surface area contributed by atoms with Crippen molar-refractivity contribution in [3.8, 4) is 0 Å². The zero-order valence-electron chi connectivity index (χ0n) is 13.0. The highest BCUT2D eigenvalue weighted by atomic mass is 35.5. The Labute approximate surface area is 136 Å². The molecule has 22 heavy (non-hydrogen) atoms. The van der Waals surface area contributed by atoms with E-state index < -0.39 is 0 Å². The summed E-state index contributed by atoms with van der Waals surface area (Å²) in [6.07, 6.45) is 2.63. The van der Waals surface area contributed by atoms with Gasteiger partial charge in [-0.2, -0.15) is 0 Å². The molecule has 5 nitrogen and oxygen atoms in total. The van der Waals surface area contributed by atoms with Gasteiger partial charge in [0.15, 0.2) is 0 Å². The van der Waals surface area contributed by atoms with Crippen LogP contribution in [0.25, 0.3) is 0 Å². The number of hydrogen-bond acceptors (Lipinski definition) is 5. The first-order valence-electron chi connectivity index (χ1n) is 7.33. The Kier molecular flexibility index (Phi) is 6.43. The highest BCUT2D eigenvalue weighted by Crippen LogP contribution is 2.16. The Hall–Kier alpha value is -1.85. The van der Waals surface area contributed by atoms with E-state index in [1.165, 1.54) is 0 Å². The second kappa shape index (κ2) is 8.56. The van der Waals surface area contributed by atoms with Gasteiger partial charge in [-0.1, -0.05) is 29.8 Å². The quantitative estimate of drug-likeness (QED) is 0.732. The van der Waals surface area contributed by atoms with Gasteiger partial charge in [0.05, 0.1) is 0 Å². The normalized spacial score (nSPS) is 10.7. The molecule has 2 N–H and O–H groups in total. The summed E-state index contributed by atoms with van der Waals surface area (Å²) < 4.78 is 0. The van der Waals surface area contributed by atoms with E-state index in [0.717, 1.165) is 41.7 Å². The van der Waals surface area contributed by atoms with Gasteiger partial charge in [-0.15, -0.1) is 0 Å². The van der Waals surface area contributed by atoms with E-state index in [9.17, 15) is 0 Å². The van der Waals surface area contributed by atoms with Gasteiger partial charge < -0.3 is 15.5 Å². The van der Waals surface area contributed by atoms with Crippen LogP contribution in [-0.4, -0.2) is 42.1 Å². The minimum absolute atomic E-state index is 0.636. The summed E-state index contributed by atoms with van der Waals surface area (Å²) in [5.41, 5.74) is 1.04. The molecular formula is C16H22ClN5. The molecule has 0 radical (unpaired) electrons. The number of hydrogen-bond donors (Lipinski definition) is 2. The molecule has 2 aromatic rings. The first-order chi connectivity index (χ1) is 10.6. The maximum atomic E-state index is 6.14. The lowest BCUT2D eigenvalue weighted by Gasteiger charge is -2.11. The van der Waals surface area contributed by atoms with Gasteiger partial charge >= 0.3 is 0 Å². The lowest BCUT2D eigenvalue weighted by Crippen LogP contribution is -2.16. The third-order valence-corrected chi connectivity index (χ3v) is 3.54. The molecule has 0 unspecified atom stereocenters. The average molecular weight is 320 g/mol. The third kappa shape index (κ3) is 5.50. The Balaban J connectivity index is 1.85. The number of benzene rings is 1. The summed E-state index contributed by atoms with van der Waals surface area (Å²) in [5.74, 6) is 1.61. The van der Waals surface area contributed by atoms with Crippen molar-refractivity contribution in [1.29, 1.82) is 0 Å². The molecule has 0 bridgehead atoms. The summed E-state index contributed by atoms with van der Waals surface area (Å²) in [6.45, 7) is 2.57. The van der Waals surface area contributed by atoms with Crippen molar-refractivity contribution < 1.29 is 0 Å². The minimum Gasteiger partial charge on any atom is -0.370 e. The summed E-state index contributed by atoms with van der Waals surface area (Å²) >= 11 is 6.14. The van der Waals surface area contributed by atoms with Gasteiger partial charge in [-0.25, -0.2) is 9.97 Å². The van der Waals surface area contributed by atoms with Gasteiger partial charge in [0.25, 0.3) is 0 Å². The number of aromatic nitrogens is 2. The summed E-state index contributed by atoms with van der Waals surface area (Å²) in [6, 6.07) is 9.69. The van der Waals surface area contributed by atoms with Gasteiger partial charge in [0, 0.05) is 24.2 Å². The fraction of sp³-hybridized carbons (Fsp3) is 0.375. The standard InChI is InChI=1S/C16H22ClN5/c1-22(2)9-5-8-18-15-10-16(21-12-20-15)19-11-13-6-3-4-7-14(13)17/h3-4,6-7,10,12H,5,8-9,11H2,1-2H3,(H2,18,19,20,21). The van der Waals surface area contributed by atoms with Crippen LogP contribution in [-0.2, 0) is 6.54 Å². The van der Waals surface area contributed by atoms with Crippen molar-refractivity contribution in [3.63, 3.8) is 0 Å². The smallest absolute Gasteiger partial charge is 0.131 e. The van der Waals surface area contributed by atoms with Crippen molar-refractivity contribution in [1.82, 2.24) is 14.9 Å². The molecule has 2 rings (SSSR count). The highest BCUT2D eigenvalue weighted by Gasteiger charge is 2.01. The Morgan fingerprint density at radius 1 is 1.09 bits per heavy atom. The molecule has 1 heterocycles. The number of nitrogens with zero attached hydrogens (tertiary/aromatic N) is 3. The zero-order chi connectivity index (χ0) is 15.8. The highest BCUT2D eigenvalue weighted by molar-refractivity contribution is 6.31. The SMILES string of the molecule is CN(C)CCCNc1cc(NCc2ccccc2Cl)ncn1. The molecule has 0 saturated heterocycles. The largest absolute Gasteiger partial charge is 0.370 e. The van der Waals surface area contributed by atoms with Crippen LogP contribution >= 0.6 is 11.6 Å². The average Bonchev–Trinajstić information content (AvgIpc) is 2.51. The van der Waals surface area contributed by atoms with E-state index in [-0.39, 0.29) is 0 Å². The van der Waals surface area contributed by atoms with Crippen LogP contribution in [0, 0.1) is 0 Å². The fourth-order valence-corrected chi connectivity index (χ4v) is 2.19. The molecule has 0 aliphatic rings. The fourth-order valence-electron chi connectivity index (χ4n) is 1.99. The van der Waals surface area contributed by atoms with Crippen LogP contribution < -0.4 is 10.6 Å². The maximum Gasteiger partial charge on any atom is 0.131 e. The maximum absolute atomic E-state index is 6.14. The molecule has 6 heteroatoms. The Morgan fingerprint density at radius 2 is 1.82 bits per heavy atom. The van der Waals surface area contributed by atoms with Crippen LogP contribution in [0.15, 0.2) is 36.7 Å². The van der Waals surface area contributed by atoms with Crippen LogP contribution in [0.3, 0.4) is 0 Å². The van der Waals surface area contributed by atoms with Crippen LogP contribution in [0.1, 0.15) is 12.0 Å². The number of nitrogens with one attached hydrogen (secondary N) is 2. The van der Waals surface area contributed by atoms with Crippen LogP contribution in [0.4, 0.5) is 11.6 Å². The molecule has 0 aliphatic carbocycles. The molecule has 0 fully saturated rings. The van der Waals surface area contributed by atoms with Crippen LogP contribution in [0.2, 0.25) is 5.02 Å². The van der Waals surface area contributed by atoms with Gasteiger partial charge in [-0.05, 0) is 38.7 Å². The van der Waals surface area contributed by atoms with E-state index >= 15 is 0 Å². The van der Waals surface area contributed by atoms with Gasteiger partial charge in [-0.3, -0.25) is 0 Å². The Morgan fingerprint density at radius 3 is 2.55 bits per heavy atom. The first kappa shape index (κ1) is 16.5. The van der Waals surface area contributed by atoms with E-state index in [1.807, 2.05) is 30.3 Å². The topological polar surface area (TPSA) is 53.1 Å². The zero-order valence-corrected chi connectivity index (χ0v) is 13.8. The molecule has 0 atom stereocenters. The molecular weight excluding hydrogens is 298 g/mol. The monoisotopic (exact) mass is 319 g/mol.